The van der Waals surface area contributed by atoms with Crippen molar-refractivity contribution in [3.05, 3.63) is 17.7 Å². The van der Waals surface area contributed by atoms with Crippen LogP contribution in [0.2, 0.25) is 0 Å². The molecular formula is C12H21N7OS. The third kappa shape index (κ3) is 6.99. The summed E-state index contributed by atoms with van der Waals surface area (Å²) in [6.07, 6.45) is 2.80. The lowest BCUT2D eigenvalue weighted by molar-refractivity contribution is 0.191. The number of guanidine groups is 1. The fourth-order valence-electron chi connectivity index (χ4n) is 1.41. The van der Waals surface area contributed by atoms with Crippen molar-refractivity contribution in [3.63, 3.8) is 0 Å². The number of nitrogens with two attached hydrogens (primary N) is 1. The Bertz CT molecular complexity index is 482. The van der Waals surface area contributed by atoms with Gasteiger partial charge in [0.05, 0.1) is 24.7 Å². The molecule has 0 aliphatic carbocycles. The van der Waals surface area contributed by atoms with Crippen LogP contribution in [0.1, 0.15) is 11.4 Å². The first-order valence-electron chi connectivity index (χ1n) is 6.55. The first-order valence-corrected chi connectivity index (χ1v) is 7.71. The number of imidazole rings is 1. The van der Waals surface area contributed by atoms with Gasteiger partial charge in [0.15, 0.2) is 6.19 Å². The second-order valence-corrected chi connectivity index (χ2v) is 5.37. The highest BCUT2D eigenvalue weighted by molar-refractivity contribution is 7.98. The molecule has 9 heteroatoms. The molecule has 0 spiro atoms. The minimum Gasteiger partial charge on any atom is -0.390 e. The van der Waals surface area contributed by atoms with E-state index in [9.17, 15) is 5.11 Å². The molecule has 0 saturated heterocycles. The number of aryl methyl sites for hydroxylation is 1. The maximum atomic E-state index is 9.33. The predicted molar refractivity (Wildman–Crippen MR) is 83.6 cm³/mol. The summed E-state index contributed by atoms with van der Waals surface area (Å²) in [4.78, 5) is 11.3. The molecule has 0 radical (unpaired) electrons. The Morgan fingerprint density at radius 3 is 3.14 bits per heavy atom. The first-order chi connectivity index (χ1) is 10.2. The topological polar surface area (TPSA) is 135 Å². The summed E-state index contributed by atoms with van der Waals surface area (Å²) in [5, 5.41) is 23.4. The van der Waals surface area contributed by atoms with Crippen molar-refractivity contribution in [1.29, 1.82) is 5.26 Å². The smallest absolute Gasteiger partial charge is 0.204 e. The van der Waals surface area contributed by atoms with Crippen molar-refractivity contribution in [1.82, 2.24) is 20.6 Å². The van der Waals surface area contributed by atoms with Gasteiger partial charge in [-0.25, -0.2) is 9.98 Å². The lowest BCUT2D eigenvalue weighted by atomic mass is 10.4. The molecule has 1 aromatic rings. The molecule has 116 valence electrons. The van der Waals surface area contributed by atoms with E-state index in [2.05, 4.69) is 25.6 Å². The van der Waals surface area contributed by atoms with Crippen LogP contribution in [0.3, 0.4) is 0 Å². The Morgan fingerprint density at radius 1 is 1.71 bits per heavy atom. The van der Waals surface area contributed by atoms with Gasteiger partial charge in [-0.15, -0.1) is 0 Å². The molecule has 6 N–H and O–H groups in total. The van der Waals surface area contributed by atoms with Crippen molar-refractivity contribution in [3.8, 4) is 6.19 Å². The molecule has 1 rings (SSSR count). The molecular weight excluding hydrogens is 290 g/mol. The number of H-pyrrole nitrogens is 1. The van der Waals surface area contributed by atoms with E-state index in [1.165, 1.54) is 0 Å². The van der Waals surface area contributed by atoms with Crippen LogP contribution in [0.4, 0.5) is 0 Å². The number of nitrogens with one attached hydrogen (secondary N) is 3. The SMILES string of the molecule is Cc1[nH]cnc1CSCCNC(=NCC(O)CN)NC#N. The van der Waals surface area contributed by atoms with Crippen molar-refractivity contribution < 1.29 is 5.11 Å². The molecule has 0 aliphatic rings. The summed E-state index contributed by atoms with van der Waals surface area (Å²) in [5.41, 5.74) is 7.43. The quantitative estimate of drug-likeness (QED) is 0.141. The van der Waals surface area contributed by atoms with Crippen LogP contribution in [0.15, 0.2) is 11.3 Å². The van der Waals surface area contributed by atoms with Gasteiger partial charge in [0.25, 0.3) is 0 Å². The van der Waals surface area contributed by atoms with Gasteiger partial charge in [-0.1, -0.05) is 0 Å². The number of hydrogen-bond acceptors (Lipinski definition) is 6. The normalized spacial score (nSPS) is 12.8. The van der Waals surface area contributed by atoms with Crippen molar-refractivity contribution in [2.45, 2.75) is 18.8 Å². The van der Waals surface area contributed by atoms with E-state index in [1.807, 2.05) is 6.92 Å². The molecule has 21 heavy (non-hydrogen) atoms. The van der Waals surface area contributed by atoms with E-state index >= 15 is 0 Å². The Balaban J connectivity index is 2.24. The highest BCUT2D eigenvalue weighted by Crippen LogP contribution is 2.11. The molecule has 1 heterocycles. The van der Waals surface area contributed by atoms with E-state index in [4.69, 9.17) is 11.0 Å². The van der Waals surface area contributed by atoms with Crippen molar-refractivity contribution in [2.75, 3.05) is 25.4 Å². The molecule has 0 saturated carbocycles. The van der Waals surface area contributed by atoms with Crippen LogP contribution in [0, 0.1) is 18.4 Å². The first kappa shape index (κ1) is 17.3. The minimum absolute atomic E-state index is 0.141. The molecule has 0 aromatic carbocycles. The Kier molecular flexibility index (Phi) is 8.27. The van der Waals surface area contributed by atoms with E-state index < -0.39 is 6.10 Å². The van der Waals surface area contributed by atoms with Crippen LogP contribution in [-0.2, 0) is 5.75 Å². The largest absolute Gasteiger partial charge is 0.390 e. The molecule has 0 amide bonds. The fourth-order valence-corrected chi connectivity index (χ4v) is 2.28. The fraction of sp³-hybridized carbons (Fsp3) is 0.583. The molecule has 1 aromatic heterocycles. The summed E-state index contributed by atoms with van der Waals surface area (Å²) in [7, 11) is 0. The Morgan fingerprint density at radius 2 is 2.52 bits per heavy atom. The second-order valence-electron chi connectivity index (χ2n) is 4.27. The van der Waals surface area contributed by atoms with Gasteiger partial charge in [0.2, 0.25) is 5.96 Å². The zero-order valence-corrected chi connectivity index (χ0v) is 12.8. The lowest BCUT2D eigenvalue weighted by Crippen LogP contribution is -2.37. The lowest BCUT2D eigenvalue weighted by Gasteiger charge is -2.09. The maximum Gasteiger partial charge on any atom is 0.204 e. The average Bonchev–Trinajstić information content (AvgIpc) is 2.89. The summed E-state index contributed by atoms with van der Waals surface area (Å²) in [5.74, 6) is 2.03. The van der Waals surface area contributed by atoms with Crippen LogP contribution in [0.5, 0.6) is 0 Å². The Labute approximate surface area is 128 Å². The zero-order valence-electron chi connectivity index (χ0n) is 12.0. The van der Waals surface area contributed by atoms with Gasteiger partial charge in [-0.05, 0) is 6.92 Å². The molecule has 0 bridgehead atoms. The van der Waals surface area contributed by atoms with Gasteiger partial charge >= 0.3 is 0 Å². The van der Waals surface area contributed by atoms with Crippen LogP contribution in [0.25, 0.3) is 0 Å². The zero-order chi connectivity index (χ0) is 15.5. The molecule has 0 aliphatic heterocycles. The maximum absolute atomic E-state index is 9.33. The summed E-state index contributed by atoms with van der Waals surface area (Å²) in [6.45, 7) is 2.95. The molecule has 0 fully saturated rings. The average molecular weight is 311 g/mol. The summed E-state index contributed by atoms with van der Waals surface area (Å²) in [6, 6.07) is 0. The Hall–Kier alpha value is -1.76. The monoisotopic (exact) mass is 311 g/mol. The van der Waals surface area contributed by atoms with E-state index in [0.717, 1.165) is 22.9 Å². The summed E-state index contributed by atoms with van der Waals surface area (Å²) < 4.78 is 0. The van der Waals surface area contributed by atoms with Crippen LogP contribution in [-0.4, -0.2) is 52.5 Å². The summed E-state index contributed by atoms with van der Waals surface area (Å²) >= 11 is 1.73. The molecule has 1 atom stereocenters. The molecule has 1 unspecified atom stereocenters. The highest BCUT2D eigenvalue weighted by atomic mass is 32.2. The van der Waals surface area contributed by atoms with E-state index in [0.29, 0.717) is 12.5 Å². The number of aliphatic hydroxyl groups is 1. The highest BCUT2D eigenvalue weighted by Gasteiger charge is 2.03. The van der Waals surface area contributed by atoms with E-state index in [-0.39, 0.29) is 13.1 Å². The predicted octanol–water partition coefficient (Wildman–Crippen LogP) is -0.713. The number of thioether (sulfide) groups is 1. The van der Waals surface area contributed by atoms with Gasteiger partial charge in [-0.2, -0.15) is 17.0 Å². The number of aromatic nitrogens is 2. The number of hydrogen-bond donors (Lipinski definition) is 5. The van der Waals surface area contributed by atoms with E-state index in [1.54, 1.807) is 24.3 Å². The standard InChI is InChI=1S/C12H21N7OS/c1-9-11(19-8-18-9)6-21-3-2-15-12(17-7-14)16-5-10(20)4-13/h8,10,20H,2-6,13H2,1H3,(H,18,19)(H2,15,16,17). The van der Waals surface area contributed by atoms with Crippen molar-refractivity contribution in [2.24, 2.45) is 10.7 Å². The van der Waals surface area contributed by atoms with Crippen LogP contribution < -0.4 is 16.4 Å². The van der Waals surface area contributed by atoms with Gasteiger partial charge < -0.3 is 21.1 Å². The number of rotatable bonds is 8. The number of aromatic amines is 1. The number of nitriles is 1. The van der Waals surface area contributed by atoms with Gasteiger partial charge in [-0.3, -0.25) is 5.32 Å². The third-order valence-electron chi connectivity index (χ3n) is 2.62. The van der Waals surface area contributed by atoms with Gasteiger partial charge in [0, 0.05) is 30.3 Å². The third-order valence-corrected chi connectivity index (χ3v) is 3.59. The molecule has 8 nitrogen and oxygen atoms in total. The van der Waals surface area contributed by atoms with Crippen LogP contribution >= 0.6 is 11.8 Å². The number of aliphatic hydroxyl groups excluding tert-OH is 1. The number of nitrogens with zero attached hydrogens (tertiary/aromatic N) is 3. The van der Waals surface area contributed by atoms with Gasteiger partial charge in [0.1, 0.15) is 0 Å². The minimum atomic E-state index is -0.695. The number of aliphatic imine (C=N–C) groups is 1. The second kappa shape index (κ2) is 10.0. The van der Waals surface area contributed by atoms with Crippen molar-refractivity contribution >= 4 is 17.7 Å².